The first-order valence-electron chi connectivity index (χ1n) is 10.4. The lowest BCUT2D eigenvalue weighted by molar-refractivity contribution is -0.141. The third kappa shape index (κ3) is 7.74. The Hall–Kier alpha value is -1.61. The van der Waals surface area contributed by atoms with Crippen molar-refractivity contribution in [3.63, 3.8) is 0 Å². The maximum absolute atomic E-state index is 11.9. The van der Waals surface area contributed by atoms with Crippen molar-refractivity contribution in [3.8, 4) is 0 Å². The topological polar surface area (TPSA) is 35.5 Å². The van der Waals surface area contributed by atoms with Crippen LogP contribution in [0.15, 0.2) is 30.3 Å². The lowest BCUT2D eigenvalue weighted by Crippen LogP contribution is -2.12. The van der Waals surface area contributed by atoms with E-state index in [9.17, 15) is 4.79 Å². The lowest BCUT2D eigenvalue weighted by Gasteiger charge is -2.08. The van der Waals surface area contributed by atoms with Gasteiger partial charge >= 0.3 is 5.97 Å². The van der Waals surface area contributed by atoms with Crippen molar-refractivity contribution in [1.29, 1.82) is 0 Å². The van der Waals surface area contributed by atoms with Gasteiger partial charge in [0.25, 0.3) is 0 Å². The van der Waals surface area contributed by atoms with Gasteiger partial charge in [-0.1, -0.05) is 89.0 Å². The van der Waals surface area contributed by atoms with Crippen molar-refractivity contribution in [2.24, 2.45) is 0 Å². The number of carbonyl (C=O) groups is 1. The summed E-state index contributed by atoms with van der Waals surface area (Å²) in [7, 11) is 0. The third-order valence-corrected chi connectivity index (χ3v) is 4.88. The molecule has 3 heteroatoms. The van der Waals surface area contributed by atoms with Gasteiger partial charge in [0.05, 0.1) is 0 Å². The van der Waals surface area contributed by atoms with Crippen molar-refractivity contribution in [2.45, 2.75) is 77.6 Å². The normalized spacial score (nSPS) is 12.7. The van der Waals surface area contributed by atoms with Crippen molar-refractivity contribution in [3.05, 3.63) is 41.5 Å². The number of hydrogen-bond donors (Lipinski definition) is 0. The van der Waals surface area contributed by atoms with E-state index < -0.39 is 0 Å². The van der Waals surface area contributed by atoms with Gasteiger partial charge in [-0.25, -0.2) is 4.79 Å². The van der Waals surface area contributed by atoms with Crippen LogP contribution in [0.2, 0.25) is 0 Å². The maximum Gasteiger partial charge on any atom is 0.337 e. The first kappa shape index (κ1) is 20.7. The monoisotopic (exact) mass is 358 g/mol. The van der Waals surface area contributed by atoms with E-state index in [2.05, 4.69) is 13.0 Å². The molecule has 0 spiro atoms. The maximum atomic E-state index is 11.9. The van der Waals surface area contributed by atoms with Gasteiger partial charge in [-0.2, -0.15) is 0 Å². The van der Waals surface area contributed by atoms with Gasteiger partial charge in [0.1, 0.15) is 12.4 Å². The van der Waals surface area contributed by atoms with E-state index in [0.29, 0.717) is 12.4 Å². The van der Waals surface area contributed by atoms with Crippen molar-refractivity contribution in [1.82, 2.24) is 0 Å². The van der Waals surface area contributed by atoms with E-state index >= 15 is 0 Å². The molecule has 0 fully saturated rings. The highest BCUT2D eigenvalue weighted by atomic mass is 16.6. The number of unbranched alkanes of at least 4 members (excludes halogenated alkanes) is 9. The zero-order chi connectivity index (χ0) is 18.5. The molecule has 0 bridgehead atoms. The molecule has 0 N–H and O–H groups in total. The minimum atomic E-state index is -0.306. The standard InChI is InChI=1S/C23H34O3/c1-2-3-4-5-6-7-8-9-10-13-18-25-19-23(24)26-22-17-16-20-14-11-12-15-21(20)22/h11-12,14-15,17H,2-10,13,16,18-19H2,1H3. The highest BCUT2D eigenvalue weighted by Crippen LogP contribution is 2.27. The van der Waals surface area contributed by atoms with Gasteiger partial charge in [0.15, 0.2) is 0 Å². The molecule has 144 valence electrons. The molecule has 0 unspecified atom stereocenters. The molecule has 0 atom stereocenters. The summed E-state index contributed by atoms with van der Waals surface area (Å²) in [5, 5.41) is 0. The average Bonchev–Trinajstić information content (AvgIpc) is 3.05. The molecule has 1 aromatic rings. The predicted octanol–water partition coefficient (Wildman–Crippen LogP) is 6.06. The van der Waals surface area contributed by atoms with Gasteiger partial charge in [-0.15, -0.1) is 0 Å². The highest BCUT2D eigenvalue weighted by molar-refractivity contribution is 5.81. The van der Waals surface area contributed by atoms with Crippen LogP contribution in [0.4, 0.5) is 0 Å². The molecule has 0 amide bonds. The molecule has 0 aromatic heterocycles. The van der Waals surface area contributed by atoms with Crippen LogP contribution in [0.5, 0.6) is 0 Å². The molecular formula is C23H34O3. The second-order valence-electron chi connectivity index (χ2n) is 7.14. The summed E-state index contributed by atoms with van der Waals surface area (Å²) >= 11 is 0. The number of fused-ring (bicyclic) bond motifs is 1. The van der Waals surface area contributed by atoms with Gasteiger partial charge < -0.3 is 9.47 Å². The van der Waals surface area contributed by atoms with E-state index in [1.165, 1.54) is 63.4 Å². The van der Waals surface area contributed by atoms with Crippen LogP contribution in [0.3, 0.4) is 0 Å². The Labute approximate surface area is 158 Å². The molecule has 0 heterocycles. The molecule has 0 saturated carbocycles. The molecule has 2 rings (SSSR count). The average molecular weight is 359 g/mol. The number of benzene rings is 1. The SMILES string of the molecule is CCCCCCCCCCCCOCC(=O)OC1=CCc2ccccc21. The second kappa shape index (κ2) is 12.7. The van der Waals surface area contributed by atoms with E-state index in [0.717, 1.165) is 18.4 Å². The fraction of sp³-hybridized carbons (Fsp3) is 0.609. The largest absolute Gasteiger partial charge is 0.425 e. The molecule has 1 aliphatic carbocycles. The molecule has 3 nitrogen and oxygen atoms in total. The number of ether oxygens (including phenoxy) is 2. The second-order valence-corrected chi connectivity index (χ2v) is 7.14. The van der Waals surface area contributed by atoms with Crippen molar-refractivity contribution >= 4 is 11.7 Å². The van der Waals surface area contributed by atoms with Gasteiger partial charge in [0, 0.05) is 12.2 Å². The summed E-state index contributed by atoms with van der Waals surface area (Å²) in [5.41, 5.74) is 2.23. The summed E-state index contributed by atoms with van der Waals surface area (Å²) in [6.07, 6.45) is 15.8. The summed E-state index contributed by atoms with van der Waals surface area (Å²) in [4.78, 5) is 11.9. The Bertz CT molecular complexity index is 562. The number of rotatable bonds is 14. The smallest absolute Gasteiger partial charge is 0.337 e. The molecular weight excluding hydrogens is 324 g/mol. The van der Waals surface area contributed by atoms with Crippen LogP contribution in [0.25, 0.3) is 5.76 Å². The predicted molar refractivity (Wildman–Crippen MR) is 107 cm³/mol. The minimum absolute atomic E-state index is 0.0386. The summed E-state index contributed by atoms with van der Waals surface area (Å²) in [6.45, 7) is 2.94. The fourth-order valence-electron chi connectivity index (χ4n) is 3.35. The third-order valence-electron chi connectivity index (χ3n) is 4.88. The molecule has 26 heavy (non-hydrogen) atoms. The van der Waals surface area contributed by atoms with E-state index in [1.54, 1.807) is 0 Å². The van der Waals surface area contributed by atoms with E-state index in [-0.39, 0.29) is 12.6 Å². The number of carbonyl (C=O) groups excluding carboxylic acids is 1. The van der Waals surface area contributed by atoms with Crippen LogP contribution in [-0.2, 0) is 20.7 Å². The van der Waals surface area contributed by atoms with Crippen LogP contribution < -0.4 is 0 Å². The van der Waals surface area contributed by atoms with Crippen LogP contribution in [0, 0.1) is 0 Å². The summed E-state index contributed by atoms with van der Waals surface area (Å²) in [6, 6.07) is 8.03. The van der Waals surface area contributed by atoms with E-state index in [1.807, 2.05) is 24.3 Å². The van der Waals surface area contributed by atoms with Crippen molar-refractivity contribution < 1.29 is 14.3 Å². The van der Waals surface area contributed by atoms with Crippen LogP contribution >= 0.6 is 0 Å². The fourth-order valence-corrected chi connectivity index (χ4v) is 3.35. The molecule has 0 radical (unpaired) electrons. The number of esters is 1. The Morgan fingerprint density at radius 2 is 1.58 bits per heavy atom. The summed E-state index contributed by atoms with van der Waals surface area (Å²) < 4.78 is 10.9. The Balaban J connectivity index is 1.43. The van der Waals surface area contributed by atoms with Gasteiger partial charge in [0.2, 0.25) is 0 Å². The van der Waals surface area contributed by atoms with Gasteiger partial charge in [-0.05, 0) is 24.5 Å². The van der Waals surface area contributed by atoms with E-state index in [4.69, 9.17) is 9.47 Å². The van der Waals surface area contributed by atoms with Crippen LogP contribution in [0.1, 0.15) is 82.3 Å². The zero-order valence-corrected chi connectivity index (χ0v) is 16.3. The van der Waals surface area contributed by atoms with Crippen LogP contribution in [-0.4, -0.2) is 19.2 Å². The highest BCUT2D eigenvalue weighted by Gasteiger charge is 2.17. The zero-order valence-electron chi connectivity index (χ0n) is 16.3. The minimum Gasteiger partial charge on any atom is -0.425 e. The molecule has 1 aliphatic rings. The Kier molecular flexibility index (Phi) is 10.1. The molecule has 1 aromatic carbocycles. The Morgan fingerprint density at radius 1 is 0.923 bits per heavy atom. The number of hydrogen-bond acceptors (Lipinski definition) is 3. The quantitative estimate of drug-likeness (QED) is 0.299. The van der Waals surface area contributed by atoms with Crippen molar-refractivity contribution in [2.75, 3.05) is 13.2 Å². The molecule has 0 aliphatic heterocycles. The number of allylic oxidation sites excluding steroid dienone is 1. The molecule has 0 saturated heterocycles. The Morgan fingerprint density at radius 3 is 2.31 bits per heavy atom. The lowest BCUT2D eigenvalue weighted by atomic mass is 10.1. The summed E-state index contributed by atoms with van der Waals surface area (Å²) in [5.74, 6) is 0.369. The first-order valence-corrected chi connectivity index (χ1v) is 10.4. The van der Waals surface area contributed by atoms with Gasteiger partial charge in [-0.3, -0.25) is 0 Å². The first-order chi connectivity index (χ1) is 12.8.